The van der Waals surface area contributed by atoms with E-state index in [0.717, 1.165) is 12.1 Å². The summed E-state index contributed by atoms with van der Waals surface area (Å²) in [7, 11) is 1.46. The molecule has 0 aliphatic heterocycles. The molecule has 8 nitrogen and oxygen atoms in total. The van der Waals surface area contributed by atoms with Crippen molar-refractivity contribution < 1.29 is 24.0 Å². The van der Waals surface area contributed by atoms with E-state index in [1.807, 2.05) is 0 Å². The van der Waals surface area contributed by atoms with E-state index in [2.05, 4.69) is 5.32 Å². The lowest BCUT2D eigenvalue weighted by Crippen LogP contribution is -2.30. The van der Waals surface area contributed by atoms with E-state index in [4.69, 9.17) is 32.7 Å². The van der Waals surface area contributed by atoms with E-state index in [0.29, 0.717) is 16.5 Å². The van der Waals surface area contributed by atoms with E-state index in [1.54, 1.807) is 12.1 Å². The number of anilines is 1. The summed E-state index contributed by atoms with van der Waals surface area (Å²) in [6.45, 7) is 1.35. The van der Waals surface area contributed by atoms with Crippen LogP contribution in [0, 0.1) is 10.1 Å². The highest BCUT2D eigenvalue weighted by Gasteiger charge is 2.23. The van der Waals surface area contributed by atoms with Crippen molar-refractivity contribution in [1.29, 1.82) is 0 Å². The number of carbonyl (C=O) groups is 2. The van der Waals surface area contributed by atoms with Crippen molar-refractivity contribution in [2.75, 3.05) is 12.4 Å². The summed E-state index contributed by atoms with van der Waals surface area (Å²) in [5.41, 5.74) is -0.156. The highest BCUT2D eigenvalue weighted by molar-refractivity contribution is 6.33. The predicted molar refractivity (Wildman–Crippen MR) is 99.6 cm³/mol. The molecule has 0 aliphatic carbocycles. The van der Waals surface area contributed by atoms with Crippen LogP contribution in [-0.2, 0) is 9.53 Å². The number of benzene rings is 2. The molecule has 0 aliphatic rings. The highest BCUT2D eigenvalue weighted by Crippen LogP contribution is 2.27. The number of halogens is 2. The first-order chi connectivity index (χ1) is 12.7. The first kappa shape index (κ1) is 20.5. The van der Waals surface area contributed by atoms with Crippen LogP contribution in [0.1, 0.15) is 17.3 Å². The average Bonchev–Trinajstić information content (AvgIpc) is 2.61. The van der Waals surface area contributed by atoms with E-state index in [1.165, 1.54) is 26.2 Å². The summed E-state index contributed by atoms with van der Waals surface area (Å²) in [6.07, 6.45) is -1.19. The fraction of sp³-hybridized carbons (Fsp3) is 0.176. The molecule has 27 heavy (non-hydrogen) atoms. The predicted octanol–water partition coefficient (Wildman–Crippen LogP) is 4.09. The third-order valence-corrected chi connectivity index (χ3v) is 4.08. The minimum Gasteiger partial charge on any atom is -0.495 e. The van der Waals surface area contributed by atoms with Crippen LogP contribution < -0.4 is 10.1 Å². The summed E-state index contributed by atoms with van der Waals surface area (Å²) in [6, 6.07) is 7.96. The van der Waals surface area contributed by atoms with Gasteiger partial charge in [0.25, 0.3) is 11.6 Å². The van der Waals surface area contributed by atoms with Crippen molar-refractivity contribution >= 4 is 46.5 Å². The van der Waals surface area contributed by atoms with Gasteiger partial charge in [-0.05, 0) is 31.2 Å². The lowest BCUT2D eigenvalue weighted by Gasteiger charge is -2.14. The fourth-order valence-corrected chi connectivity index (χ4v) is 2.50. The molecule has 10 heteroatoms. The number of methoxy groups -OCH3 is 1. The maximum Gasteiger partial charge on any atom is 0.340 e. The number of amides is 1. The van der Waals surface area contributed by atoms with Crippen LogP contribution in [0.3, 0.4) is 0 Å². The molecule has 2 aromatic rings. The van der Waals surface area contributed by atoms with Crippen LogP contribution in [0.2, 0.25) is 10.0 Å². The Morgan fingerprint density at radius 1 is 1.15 bits per heavy atom. The van der Waals surface area contributed by atoms with Crippen molar-refractivity contribution in [1.82, 2.24) is 0 Å². The highest BCUT2D eigenvalue weighted by atomic mass is 35.5. The van der Waals surface area contributed by atoms with Crippen LogP contribution >= 0.6 is 23.2 Å². The first-order valence-electron chi connectivity index (χ1n) is 7.52. The van der Waals surface area contributed by atoms with Crippen molar-refractivity contribution in [3.8, 4) is 5.75 Å². The third-order valence-electron chi connectivity index (χ3n) is 3.45. The molecule has 1 amide bonds. The van der Waals surface area contributed by atoms with Crippen LogP contribution in [0.5, 0.6) is 5.75 Å². The van der Waals surface area contributed by atoms with Gasteiger partial charge >= 0.3 is 5.97 Å². The Morgan fingerprint density at radius 2 is 1.85 bits per heavy atom. The molecule has 0 spiro atoms. The Hall–Kier alpha value is -2.84. The minimum absolute atomic E-state index is 0.0276. The molecule has 142 valence electrons. The largest absolute Gasteiger partial charge is 0.495 e. The van der Waals surface area contributed by atoms with Crippen LogP contribution in [-0.4, -0.2) is 30.0 Å². The van der Waals surface area contributed by atoms with Gasteiger partial charge in [-0.1, -0.05) is 23.2 Å². The maximum absolute atomic E-state index is 12.2. The molecule has 0 heterocycles. The summed E-state index contributed by atoms with van der Waals surface area (Å²) in [5.74, 6) is -1.14. The molecule has 0 saturated heterocycles. The molecule has 0 radical (unpaired) electrons. The number of hydrogen-bond donors (Lipinski definition) is 1. The van der Waals surface area contributed by atoms with E-state index in [9.17, 15) is 19.7 Å². The van der Waals surface area contributed by atoms with Gasteiger partial charge in [0, 0.05) is 17.8 Å². The van der Waals surface area contributed by atoms with Crippen molar-refractivity contribution in [3.63, 3.8) is 0 Å². The molecule has 2 rings (SSSR count). The number of non-ortho nitro benzene ring substituents is 1. The number of esters is 1. The van der Waals surface area contributed by atoms with Crippen LogP contribution in [0.4, 0.5) is 11.4 Å². The molecule has 1 atom stereocenters. The van der Waals surface area contributed by atoms with E-state index < -0.39 is 22.9 Å². The topological polar surface area (TPSA) is 108 Å². The normalized spacial score (nSPS) is 11.4. The summed E-state index contributed by atoms with van der Waals surface area (Å²) in [5, 5.41) is 13.6. The lowest BCUT2D eigenvalue weighted by atomic mass is 10.2. The quantitative estimate of drug-likeness (QED) is 0.434. The van der Waals surface area contributed by atoms with E-state index >= 15 is 0 Å². The molecule has 1 unspecified atom stereocenters. The number of nitrogens with one attached hydrogen (secondary N) is 1. The Morgan fingerprint density at radius 3 is 2.44 bits per heavy atom. The molecular weight excluding hydrogens is 399 g/mol. The molecule has 0 aromatic heterocycles. The zero-order chi connectivity index (χ0) is 20.1. The summed E-state index contributed by atoms with van der Waals surface area (Å²) < 4.78 is 10.1. The van der Waals surface area contributed by atoms with Gasteiger partial charge in [-0.3, -0.25) is 14.9 Å². The zero-order valence-corrected chi connectivity index (χ0v) is 15.7. The monoisotopic (exact) mass is 412 g/mol. The standard InChI is InChI=1S/C17H14Cl2N2O6/c1-9(16(22)20-10-3-6-15(26-2)14(19)7-10)27-17(23)12-8-11(21(24)25)4-5-13(12)18/h3-9H,1-2H3,(H,20,22). The fourth-order valence-electron chi connectivity index (χ4n) is 2.05. The van der Waals surface area contributed by atoms with Crippen molar-refractivity contribution in [2.45, 2.75) is 13.0 Å². The van der Waals surface area contributed by atoms with Crippen LogP contribution in [0.25, 0.3) is 0 Å². The Balaban J connectivity index is 2.08. The molecule has 1 N–H and O–H groups in total. The van der Waals surface area contributed by atoms with Gasteiger partial charge in [0.1, 0.15) is 5.75 Å². The van der Waals surface area contributed by atoms with Gasteiger partial charge in [0.15, 0.2) is 6.10 Å². The first-order valence-corrected chi connectivity index (χ1v) is 8.28. The summed E-state index contributed by atoms with van der Waals surface area (Å²) in [4.78, 5) is 34.6. The maximum atomic E-state index is 12.2. The molecule has 0 fully saturated rings. The Bertz CT molecular complexity index is 903. The van der Waals surface area contributed by atoms with Crippen molar-refractivity contribution in [3.05, 3.63) is 62.1 Å². The minimum atomic E-state index is -1.19. The molecule has 2 aromatic carbocycles. The number of rotatable bonds is 6. The second kappa shape index (κ2) is 8.70. The van der Waals surface area contributed by atoms with Gasteiger partial charge in [0.05, 0.1) is 27.6 Å². The number of nitro benzene ring substituents is 1. The van der Waals surface area contributed by atoms with Gasteiger partial charge in [-0.15, -0.1) is 0 Å². The van der Waals surface area contributed by atoms with E-state index in [-0.39, 0.29) is 16.3 Å². The SMILES string of the molecule is COc1ccc(NC(=O)C(C)OC(=O)c2cc([N+](=O)[O-])ccc2Cl)cc1Cl. The average molecular weight is 413 g/mol. The van der Waals surface area contributed by atoms with Gasteiger partial charge < -0.3 is 14.8 Å². The zero-order valence-electron chi connectivity index (χ0n) is 14.2. The number of nitrogens with zero attached hydrogens (tertiary/aromatic N) is 1. The molecule has 0 bridgehead atoms. The second-order valence-electron chi connectivity index (χ2n) is 5.31. The smallest absolute Gasteiger partial charge is 0.340 e. The molecule has 0 saturated carbocycles. The van der Waals surface area contributed by atoms with Crippen molar-refractivity contribution in [2.24, 2.45) is 0 Å². The molecular formula is C17H14Cl2N2O6. The number of nitro groups is 1. The number of ether oxygens (including phenoxy) is 2. The number of hydrogen-bond acceptors (Lipinski definition) is 6. The number of carbonyl (C=O) groups excluding carboxylic acids is 2. The van der Waals surface area contributed by atoms with Gasteiger partial charge in [-0.25, -0.2) is 4.79 Å². The van der Waals surface area contributed by atoms with Crippen LogP contribution in [0.15, 0.2) is 36.4 Å². The third kappa shape index (κ3) is 5.08. The van der Waals surface area contributed by atoms with Gasteiger partial charge in [0.2, 0.25) is 0 Å². The second-order valence-corrected chi connectivity index (χ2v) is 6.12. The Kier molecular flexibility index (Phi) is 6.59. The Labute approximate surface area is 164 Å². The summed E-state index contributed by atoms with van der Waals surface area (Å²) >= 11 is 11.9. The lowest BCUT2D eigenvalue weighted by molar-refractivity contribution is -0.384. The van der Waals surface area contributed by atoms with Gasteiger partial charge in [-0.2, -0.15) is 0 Å².